The number of imide groups is 1. The van der Waals surface area contributed by atoms with E-state index in [2.05, 4.69) is 5.32 Å². The van der Waals surface area contributed by atoms with Crippen LogP contribution in [0, 0.1) is 5.92 Å². The van der Waals surface area contributed by atoms with Crippen LogP contribution in [0.4, 0.5) is 4.79 Å². The van der Waals surface area contributed by atoms with Crippen LogP contribution in [-0.2, 0) is 11.3 Å². The lowest BCUT2D eigenvalue weighted by Crippen LogP contribution is -2.40. The Hall–Kier alpha value is -2.28. The molecule has 1 aromatic rings. The first kappa shape index (κ1) is 17.5. The maximum absolute atomic E-state index is 12.4. The van der Waals surface area contributed by atoms with Crippen molar-refractivity contribution in [3.8, 4) is 11.5 Å². The normalized spacial score (nSPS) is 19.7. The van der Waals surface area contributed by atoms with Crippen LogP contribution in [-0.4, -0.2) is 54.7 Å². The molecule has 7 heteroatoms. The number of hydrogen-bond donors (Lipinski definition) is 1. The Morgan fingerprint density at radius 1 is 1.24 bits per heavy atom. The number of nitrogens with one attached hydrogen (secondary N) is 1. The molecule has 136 valence electrons. The molecule has 3 amide bonds. The zero-order valence-corrected chi connectivity index (χ0v) is 14.9. The number of fused-ring (bicyclic) bond motifs is 1. The van der Waals surface area contributed by atoms with Gasteiger partial charge in [0, 0.05) is 6.54 Å². The summed E-state index contributed by atoms with van der Waals surface area (Å²) >= 11 is 0. The summed E-state index contributed by atoms with van der Waals surface area (Å²) in [5.41, 5.74) is 1.04. The first-order valence-corrected chi connectivity index (χ1v) is 8.63. The number of amides is 3. The van der Waals surface area contributed by atoms with Crippen LogP contribution < -0.4 is 14.8 Å². The van der Waals surface area contributed by atoms with Gasteiger partial charge in [-0.1, -0.05) is 19.9 Å². The smallest absolute Gasteiger partial charge is 0.325 e. The largest absolute Gasteiger partial charge is 0.486 e. The monoisotopic (exact) mass is 347 g/mol. The highest BCUT2D eigenvalue weighted by atomic mass is 16.6. The van der Waals surface area contributed by atoms with Crippen molar-refractivity contribution < 1.29 is 19.1 Å². The lowest BCUT2D eigenvalue weighted by molar-refractivity contribution is -0.129. The minimum absolute atomic E-state index is 0.146. The number of benzene rings is 1. The van der Waals surface area contributed by atoms with E-state index in [-0.39, 0.29) is 18.6 Å². The van der Waals surface area contributed by atoms with E-state index in [1.54, 1.807) is 0 Å². The topological polar surface area (TPSA) is 71.1 Å². The van der Waals surface area contributed by atoms with Crippen LogP contribution in [0.15, 0.2) is 18.2 Å². The van der Waals surface area contributed by atoms with Crippen molar-refractivity contribution in [3.63, 3.8) is 0 Å². The van der Waals surface area contributed by atoms with Gasteiger partial charge in [0.25, 0.3) is 5.91 Å². The third-order valence-corrected chi connectivity index (χ3v) is 4.26. The molecular formula is C18H25N3O4. The first-order valence-electron chi connectivity index (χ1n) is 8.63. The second-order valence-electron chi connectivity index (χ2n) is 7.03. The minimum Gasteiger partial charge on any atom is -0.486 e. The standard InChI is InChI=1S/C18H25N3O4/c1-12(2)8-14-17(22)21(18(23)19-14)11-20(3)10-13-4-5-15-16(9-13)25-7-6-24-15/h4-5,9,12,14H,6-8,10-11H2,1-3H3,(H,19,23). The Balaban J connectivity index is 1.60. The molecule has 7 nitrogen and oxygen atoms in total. The van der Waals surface area contributed by atoms with Crippen molar-refractivity contribution in [2.45, 2.75) is 32.9 Å². The summed E-state index contributed by atoms with van der Waals surface area (Å²) in [5.74, 6) is 1.70. The molecule has 0 saturated carbocycles. The molecule has 1 aromatic carbocycles. The summed E-state index contributed by atoms with van der Waals surface area (Å²) < 4.78 is 11.1. The van der Waals surface area contributed by atoms with Crippen LogP contribution in [0.25, 0.3) is 0 Å². The summed E-state index contributed by atoms with van der Waals surface area (Å²) in [4.78, 5) is 27.7. The summed E-state index contributed by atoms with van der Waals surface area (Å²) in [5, 5.41) is 2.77. The highest BCUT2D eigenvalue weighted by molar-refractivity contribution is 6.04. The zero-order valence-electron chi connectivity index (χ0n) is 14.9. The van der Waals surface area contributed by atoms with Gasteiger partial charge in [-0.3, -0.25) is 9.69 Å². The molecule has 0 bridgehead atoms. The second-order valence-corrected chi connectivity index (χ2v) is 7.03. The van der Waals surface area contributed by atoms with Gasteiger partial charge in [0.15, 0.2) is 11.5 Å². The van der Waals surface area contributed by atoms with Crippen molar-refractivity contribution in [2.24, 2.45) is 5.92 Å². The van der Waals surface area contributed by atoms with Gasteiger partial charge in [-0.25, -0.2) is 9.69 Å². The van der Waals surface area contributed by atoms with E-state index in [4.69, 9.17) is 9.47 Å². The van der Waals surface area contributed by atoms with E-state index >= 15 is 0 Å². The van der Waals surface area contributed by atoms with Gasteiger partial charge in [-0.15, -0.1) is 0 Å². The van der Waals surface area contributed by atoms with Gasteiger partial charge in [0.05, 0.1) is 6.67 Å². The number of ether oxygens (including phenoxy) is 2. The Morgan fingerprint density at radius 2 is 1.96 bits per heavy atom. The lowest BCUT2D eigenvalue weighted by atomic mass is 10.0. The molecule has 1 unspecified atom stereocenters. The Kier molecular flexibility index (Phi) is 5.13. The van der Waals surface area contributed by atoms with E-state index in [1.807, 2.05) is 44.0 Å². The molecule has 2 heterocycles. The maximum Gasteiger partial charge on any atom is 0.325 e. The number of rotatable bonds is 6. The third-order valence-electron chi connectivity index (χ3n) is 4.26. The summed E-state index contributed by atoms with van der Waals surface area (Å²) in [6.45, 7) is 6.05. The number of hydrogen-bond acceptors (Lipinski definition) is 5. The summed E-state index contributed by atoms with van der Waals surface area (Å²) in [7, 11) is 1.88. The van der Waals surface area contributed by atoms with Crippen LogP contribution >= 0.6 is 0 Å². The van der Waals surface area contributed by atoms with Gasteiger partial charge < -0.3 is 14.8 Å². The molecule has 3 rings (SSSR count). The highest BCUT2D eigenvalue weighted by Crippen LogP contribution is 2.31. The summed E-state index contributed by atoms with van der Waals surface area (Å²) in [6, 6.07) is 5.08. The fourth-order valence-corrected chi connectivity index (χ4v) is 3.13. The predicted octanol–water partition coefficient (Wildman–Crippen LogP) is 1.81. The van der Waals surface area contributed by atoms with E-state index in [0.717, 1.165) is 17.1 Å². The minimum atomic E-state index is -0.407. The molecular weight excluding hydrogens is 322 g/mol. The van der Waals surface area contributed by atoms with Crippen molar-refractivity contribution in [1.29, 1.82) is 0 Å². The van der Waals surface area contributed by atoms with Gasteiger partial charge in [-0.2, -0.15) is 0 Å². The Labute approximate surface area is 147 Å². The van der Waals surface area contributed by atoms with Crippen LogP contribution in [0.3, 0.4) is 0 Å². The number of urea groups is 1. The first-order chi connectivity index (χ1) is 11.9. The molecule has 1 atom stereocenters. The quantitative estimate of drug-likeness (QED) is 0.795. The van der Waals surface area contributed by atoms with E-state index in [9.17, 15) is 9.59 Å². The number of nitrogens with zero attached hydrogens (tertiary/aromatic N) is 2. The van der Waals surface area contributed by atoms with Crippen molar-refractivity contribution in [1.82, 2.24) is 15.1 Å². The van der Waals surface area contributed by atoms with Gasteiger partial charge in [0.1, 0.15) is 19.3 Å². The average Bonchev–Trinajstić information content (AvgIpc) is 2.81. The molecule has 0 aromatic heterocycles. The molecule has 25 heavy (non-hydrogen) atoms. The maximum atomic E-state index is 12.4. The fourth-order valence-electron chi connectivity index (χ4n) is 3.13. The zero-order chi connectivity index (χ0) is 18.0. The molecule has 1 saturated heterocycles. The van der Waals surface area contributed by atoms with Crippen LogP contribution in [0.2, 0.25) is 0 Å². The van der Waals surface area contributed by atoms with E-state index in [0.29, 0.717) is 32.1 Å². The Bertz CT molecular complexity index is 662. The van der Waals surface area contributed by atoms with Crippen molar-refractivity contribution in [3.05, 3.63) is 23.8 Å². The summed E-state index contributed by atoms with van der Waals surface area (Å²) in [6.07, 6.45) is 0.660. The van der Waals surface area contributed by atoms with Gasteiger partial charge in [0.2, 0.25) is 0 Å². The van der Waals surface area contributed by atoms with E-state index in [1.165, 1.54) is 4.90 Å². The Morgan fingerprint density at radius 3 is 2.68 bits per heavy atom. The molecule has 2 aliphatic heterocycles. The fraction of sp³-hybridized carbons (Fsp3) is 0.556. The predicted molar refractivity (Wildman–Crippen MR) is 92.4 cm³/mol. The van der Waals surface area contributed by atoms with E-state index < -0.39 is 6.04 Å². The highest BCUT2D eigenvalue weighted by Gasteiger charge is 2.38. The number of carbonyl (C=O) groups is 2. The van der Waals surface area contributed by atoms with Gasteiger partial charge in [-0.05, 0) is 37.1 Å². The lowest BCUT2D eigenvalue weighted by Gasteiger charge is -2.23. The molecule has 0 aliphatic carbocycles. The molecule has 0 spiro atoms. The average molecular weight is 347 g/mol. The second kappa shape index (κ2) is 7.31. The number of carbonyl (C=O) groups excluding carboxylic acids is 2. The third kappa shape index (κ3) is 4.04. The van der Waals surface area contributed by atoms with Crippen molar-refractivity contribution in [2.75, 3.05) is 26.9 Å². The van der Waals surface area contributed by atoms with Crippen LogP contribution in [0.1, 0.15) is 25.8 Å². The van der Waals surface area contributed by atoms with Gasteiger partial charge >= 0.3 is 6.03 Å². The molecule has 0 radical (unpaired) electrons. The SMILES string of the molecule is CC(C)CC1NC(=O)N(CN(C)Cc2ccc3c(c2)OCCO3)C1=O. The molecule has 2 aliphatic rings. The molecule has 1 N–H and O–H groups in total. The van der Waals surface area contributed by atoms with Crippen molar-refractivity contribution >= 4 is 11.9 Å². The van der Waals surface area contributed by atoms with Crippen LogP contribution in [0.5, 0.6) is 11.5 Å². The molecule has 1 fully saturated rings.